The van der Waals surface area contributed by atoms with Gasteiger partial charge in [-0.25, -0.2) is 13.9 Å². The van der Waals surface area contributed by atoms with Crippen LogP contribution in [-0.2, 0) is 12.7 Å². The molecule has 33 heavy (non-hydrogen) atoms. The maximum Gasteiger partial charge on any atom is 0.435 e. The van der Waals surface area contributed by atoms with Gasteiger partial charge >= 0.3 is 12.2 Å². The molecule has 0 saturated carbocycles. The summed E-state index contributed by atoms with van der Waals surface area (Å²) in [5, 5.41) is 6.66. The molecule has 1 aromatic heterocycles. The minimum absolute atomic E-state index is 0.155. The second-order valence-electron chi connectivity index (χ2n) is 7.49. The number of piperazine rings is 1. The number of hydrogen-bond donors (Lipinski definition) is 1. The minimum Gasteiger partial charge on any atom is -0.366 e. The zero-order valence-electron chi connectivity index (χ0n) is 17.3. The lowest BCUT2D eigenvalue weighted by Crippen LogP contribution is -2.52. The van der Waals surface area contributed by atoms with Crippen molar-refractivity contribution in [1.29, 1.82) is 0 Å². The first-order chi connectivity index (χ1) is 15.7. The van der Waals surface area contributed by atoms with Gasteiger partial charge in [0.15, 0.2) is 5.69 Å². The molecular formula is C22H20ClF4N5O. The number of nitrogens with zero attached hydrogens (tertiary/aromatic N) is 4. The molecule has 1 fully saturated rings. The van der Waals surface area contributed by atoms with E-state index in [-0.39, 0.29) is 18.1 Å². The SMILES string of the molecule is O=C(NCc1cc(C(F)(F)F)nn1-c1cccc(Cl)c1)N1CCN(c2ccccc2F)CC1. The lowest BCUT2D eigenvalue weighted by molar-refractivity contribution is -0.141. The Balaban J connectivity index is 1.43. The third-order valence-corrected chi connectivity index (χ3v) is 5.54. The molecule has 1 saturated heterocycles. The molecule has 1 N–H and O–H groups in total. The topological polar surface area (TPSA) is 53.4 Å². The van der Waals surface area contributed by atoms with Crippen LogP contribution in [-0.4, -0.2) is 46.9 Å². The lowest BCUT2D eigenvalue weighted by atomic mass is 10.2. The van der Waals surface area contributed by atoms with E-state index in [1.54, 1.807) is 41.3 Å². The normalized spacial score (nSPS) is 14.5. The van der Waals surface area contributed by atoms with Crippen molar-refractivity contribution < 1.29 is 22.4 Å². The molecule has 0 aliphatic carbocycles. The van der Waals surface area contributed by atoms with Gasteiger partial charge in [0, 0.05) is 31.2 Å². The highest BCUT2D eigenvalue weighted by Crippen LogP contribution is 2.30. The molecular weight excluding hydrogens is 462 g/mol. The Labute approximate surface area is 192 Å². The van der Waals surface area contributed by atoms with E-state index in [0.717, 1.165) is 10.7 Å². The first-order valence-corrected chi connectivity index (χ1v) is 10.5. The monoisotopic (exact) mass is 481 g/mol. The number of anilines is 1. The quantitative estimate of drug-likeness (QED) is 0.549. The highest BCUT2D eigenvalue weighted by Gasteiger charge is 2.35. The van der Waals surface area contributed by atoms with Crippen molar-refractivity contribution in [3.05, 3.63) is 76.8 Å². The second kappa shape index (κ2) is 9.30. The van der Waals surface area contributed by atoms with E-state index in [2.05, 4.69) is 10.4 Å². The van der Waals surface area contributed by atoms with Gasteiger partial charge in [-0.1, -0.05) is 29.8 Å². The molecule has 174 valence electrons. The Morgan fingerprint density at radius 1 is 1.03 bits per heavy atom. The zero-order chi connectivity index (χ0) is 23.6. The van der Waals surface area contributed by atoms with Crippen LogP contribution in [0.1, 0.15) is 11.4 Å². The molecule has 2 amide bonds. The lowest BCUT2D eigenvalue weighted by Gasteiger charge is -2.36. The summed E-state index contributed by atoms with van der Waals surface area (Å²) in [7, 11) is 0. The van der Waals surface area contributed by atoms with Crippen LogP contribution >= 0.6 is 11.6 Å². The van der Waals surface area contributed by atoms with Gasteiger partial charge in [0.25, 0.3) is 0 Å². The summed E-state index contributed by atoms with van der Waals surface area (Å²) in [5.74, 6) is -0.329. The maximum atomic E-state index is 14.0. The maximum absolute atomic E-state index is 14.0. The number of amides is 2. The predicted octanol–water partition coefficient (Wildman–Crippen LogP) is 4.72. The Morgan fingerprint density at radius 3 is 2.42 bits per heavy atom. The zero-order valence-corrected chi connectivity index (χ0v) is 18.1. The first-order valence-electron chi connectivity index (χ1n) is 10.2. The van der Waals surface area contributed by atoms with Gasteiger partial charge in [-0.2, -0.15) is 18.3 Å². The van der Waals surface area contributed by atoms with E-state index in [1.165, 1.54) is 12.1 Å². The third-order valence-electron chi connectivity index (χ3n) is 5.31. The van der Waals surface area contributed by atoms with E-state index in [9.17, 15) is 22.4 Å². The van der Waals surface area contributed by atoms with Crippen molar-refractivity contribution in [3.63, 3.8) is 0 Å². The third kappa shape index (κ3) is 5.22. The number of para-hydroxylation sites is 1. The van der Waals surface area contributed by atoms with Crippen molar-refractivity contribution in [2.45, 2.75) is 12.7 Å². The number of rotatable bonds is 4. The Morgan fingerprint density at radius 2 is 1.76 bits per heavy atom. The van der Waals surface area contributed by atoms with Crippen molar-refractivity contribution in [3.8, 4) is 5.69 Å². The van der Waals surface area contributed by atoms with E-state index in [0.29, 0.717) is 42.6 Å². The van der Waals surface area contributed by atoms with Crippen LogP contribution in [0.25, 0.3) is 5.69 Å². The summed E-state index contributed by atoms with van der Waals surface area (Å²) in [6, 6.07) is 13.2. The predicted molar refractivity (Wildman–Crippen MR) is 116 cm³/mol. The summed E-state index contributed by atoms with van der Waals surface area (Å²) in [6.45, 7) is 1.41. The van der Waals surface area contributed by atoms with Crippen LogP contribution < -0.4 is 10.2 Å². The highest BCUT2D eigenvalue weighted by molar-refractivity contribution is 6.30. The smallest absolute Gasteiger partial charge is 0.366 e. The van der Waals surface area contributed by atoms with Crippen LogP contribution in [0.2, 0.25) is 5.02 Å². The molecule has 1 aliphatic heterocycles. The number of nitrogens with one attached hydrogen (secondary N) is 1. The number of carbonyl (C=O) groups is 1. The van der Waals surface area contributed by atoms with Gasteiger partial charge in [-0.05, 0) is 36.4 Å². The summed E-state index contributed by atoms with van der Waals surface area (Å²) in [6.07, 6.45) is -4.63. The Kier molecular flexibility index (Phi) is 6.46. The first kappa shape index (κ1) is 22.9. The molecule has 11 heteroatoms. The van der Waals surface area contributed by atoms with E-state index < -0.39 is 17.9 Å². The van der Waals surface area contributed by atoms with Crippen LogP contribution in [0.5, 0.6) is 0 Å². The van der Waals surface area contributed by atoms with Crippen LogP contribution in [0.3, 0.4) is 0 Å². The van der Waals surface area contributed by atoms with Crippen molar-refractivity contribution in [1.82, 2.24) is 20.0 Å². The molecule has 4 rings (SSSR count). The van der Waals surface area contributed by atoms with Crippen LogP contribution in [0.15, 0.2) is 54.6 Å². The van der Waals surface area contributed by atoms with E-state index >= 15 is 0 Å². The number of alkyl halides is 3. The van der Waals surface area contributed by atoms with Crippen molar-refractivity contribution in [2.75, 3.05) is 31.1 Å². The number of halogens is 5. The average Bonchev–Trinajstić information content (AvgIpc) is 3.23. The highest BCUT2D eigenvalue weighted by atomic mass is 35.5. The second-order valence-corrected chi connectivity index (χ2v) is 7.93. The van der Waals surface area contributed by atoms with Gasteiger partial charge in [0.2, 0.25) is 0 Å². The number of hydrogen-bond acceptors (Lipinski definition) is 3. The number of benzene rings is 2. The molecule has 2 heterocycles. The van der Waals surface area contributed by atoms with Gasteiger partial charge in [0.1, 0.15) is 5.82 Å². The average molecular weight is 482 g/mol. The fourth-order valence-corrected chi connectivity index (χ4v) is 3.84. The van der Waals surface area contributed by atoms with E-state index in [4.69, 9.17) is 11.6 Å². The van der Waals surface area contributed by atoms with Crippen molar-refractivity contribution in [2.24, 2.45) is 0 Å². The summed E-state index contributed by atoms with van der Waals surface area (Å²) >= 11 is 5.97. The number of aromatic nitrogens is 2. The van der Waals surface area contributed by atoms with Gasteiger partial charge in [0.05, 0.1) is 23.6 Å². The Bertz CT molecular complexity index is 1140. The van der Waals surface area contributed by atoms with Crippen molar-refractivity contribution >= 4 is 23.3 Å². The van der Waals surface area contributed by atoms with Crippen LogP contribution in [0.4, 0.5) is 28.0 Å². The number of urea groups is 1. The molecule has 0 bridgehead atoms. The van der Waals surface area contributed by atoms with Gasteiger partial charge in [-0.15, -0.1) is 0 Å². The molecule has 0 atom stereocenters. The molecule has 2 aromatic carbocycles. The van der Waals surface area contributed by atoms with Gasteiger partial charge < -0.3 is 15.1 Å². The molecule has 1 aliphatic rings. The fraction of sp³-hybridized carbons (Fsp3) is 0.273. The largest absolute Gasteiger partial charge is 0.435 e. The summed E-state index contributed by atoms with van der Waals surface area (Å²) < 4.78 is 54.8. The van der Waals surface area contributed by atoms with Crippen LogP contribution in [0, 0.1) is 5.82 Å². The number of carbonyl (C=O) groups excluding carboxylic acids is 1. The van der Waals surface area contributed by atoms with E-state index in [1.807, 2.05) is 4.90 Å². The molecule has 0 unspecified atom stereocenters. The fourth-order valence-electron chi connectivity index (χ4n) is 3.65. The molecule has 6 nitrogen and oxygen atoms in total. The summed E-state index contributed by atoms with van der Waals surface area (Å²) in [4.78, 5) is 16.0. The standard InChI is InChI=1S/C22H20ClF4N5O/c23-15-4-3-5-16(12-15)32-17(13-20(29-32)22(25,26)27)14-28-21(33)31-10-8-30(9-11-31)19-7-2-1-6-18(19)24/h1-7,12-13H,8-11,14H2,(H,28,33). The molecule has 3 aromatic rings. The molecule has 0 spiro atoms. The Hall–Kier alpha value is -3.27. The van der Waals surface area contributed by atoms with Gasteiger partial charge in [-0.3, -0.25) is 0 Å². The summed E-state index contributed by atoms with van der Waals surface area (Å²) in [5.41, 5.74) is -0.0865. The molecule has 0 radical (unpaired) electrons. The minimum atomic E-state index is -4.63.